The number of carbonyl (C=O) groups excluding carboxylic acids is 2. The third-order valence-electron chi connectivity index (χ3n) is 12.2. The van der Waals surface area contributed by atoms with Crippen LogP contribution < -0.4 is 5.32 Å². The van der Waals surface area contributed by atoms with Gasteiger partial charge in [-0.2, -0.15) is 0 Å². The van der Waals surface area contributed by atoms with Crippen molar-refractivity contribution in [2.24, 2.45) is 0 Å². The molecule has 0 aromatic rings. The molecule has 0 radical (unpaired) electrons. The molecule has 3 N–H and O–H groups in total. The Labute approximate surface area is 390 Å². The van der Waals surface area contributed by atoms with E-state index in [1.165, 1.54) is 141 Å². The Morgan fingerprint density at radius 1 is 0.460 bits per heavy atom. The lowest BCUT2D eigenvalue weighted by atomic mass is 10.0. The summed E-state index contributed by atoms with van der Waals surface area (Å²) in [4.78, 5) is 26.2. The van der Waals surface area contributed by atoms with Gasteiger partial charge >= 0.3 is 5.97 Å². The lowest BCUT2D eigenvalue weighted by Gasteiger charge is -2.24. The van der Waals surface area contributed by atoms with Crippen molar-refractivity contribution in [2.75, 3.05) is 6.61 Å². The summed E-state index contributed by atoms with van der Waals surface area (Å²) in [5.41, 5.74) is 0. The van der Waals surface area contributed by atoms with Gasteiger partial charge in [0.05, 0.1) is 25.2 Å². The monoisotopic (exact) mass is 882 g/mol. The molecule has 0 saturated carbocycles. The maximum Gasteiger partial charge on any atom is 0.306 e. The van der Waals surface area contributed by atoms with Crippen molar-refractivity contribution in [3.8, 4) is 0 Å². The molecule has 0 fully saturated rings. The molecule has 0 saturated heterocycles. The number of rotatable bonds is 48. The van der Waals surface area contributed by atoms with Gasteiger partial charge in [0, 0.05) is 6.42 Å². The summed E-state index contributed by atoms with van der Waals surface area (Å²) in [6.45, 7) is 6.40. The minimum absolute atomic E-state index is 0.0682. The number of hydrogen-bond acceptors (Lipinski definition) is 5. The number of allylic oxidation sites excluding steroid dienone is 10. The Bertz CT molecular complexity index is 1130. The highest BCUT2D eigenvalue weighted by Crippen LogP contribution is 2.18. The zero-order valence-electron chi connectivity index (χ0n) is 41.7. The molecule has 63 heavy (non-hydrogen) atoms. The van der Waals surface area contributed by atoms with Gasteiger partial charge in [0.1, 0.15) is 6.10 Å². The second kappa shape index (κ2) is 50.6. The third kappa shape index (κ3) is 45.9. The normalized spacial score (nSPS) is 13.7. The van der Waals surface area contributed by atoms with Gasteiger partial charge in [-0.25, -0.2) is 0 Å². The fourth-order valence-corrected chi connectivity index (χ4v) is 8.11. The number of hydrogen-bond donors (Lipinski definition) is 3. The Hall–Kier alpha value is -2.44. The van der Waals surface area contributed by atoms with Crippen LogP contribution in [0, 0.1) is 0 Å². The molecule has 0 aromatic carbocycles. The van der Waals surface area contributed by atoms with E-state index in [2.05, 4.69) is 62.5 Å². The van der Waals surface area contributed by atoms with Crippen LogP contribution in [0.4, 0.5) is 0 Å². The fourth-order valence-electron chi connectivity index (χ4n) is 8.11. The second-order valence-corrected chi connectivity index (χ2v) is 18.4. The van der Waals surface area contributed by atoms with Crippen LogP contribution in [0.3, 0.4) is 0 Å². The number of ether oxygens (including phenoxy) is 1. The first-order chi connectivity index (χ1) is 31.0. The molecule has 6 nitrogen and oxygen atoms in total. The largest absolute Gasteiger partial charge is 0.462 e. The van der Waals surface area contributed by atoms with Crippen LogP contribution >= 0.6 is 0 Å². The molecule has 0 aliphatic carbocycles. The van der Waals surface area contributed by atoms with Gasteiger partial charge in [0.2, 0.25) is 5.91 Å². The van der Waals surface area contributed by atoms with Crippen LogP contribution in [0.2, 0.25) is 0 Å². The Morgan fingerprint density at radius 2 is 0.841 bits per heavy atom. The van der Waals surface area contributed by atoms with Crippen LogP contribution in [0.5, 0.6) is 0 Å². The lowest BCUT2D eigenvalue weighted by molar-refractivity contribution is -0.151. The quantitative estimate of drug-likeness (QED) is 0.0321. The molecule has 0 aromatic heterocycles. The average molecular weight is 882 g/mol. The van der Waals surface area contributed by atoms with Crippen molar-refractivity contribution in [3.63, 3.8) is 0 Å². The van der Waals surface area contributed by atoms with Crippen molar-refractivity contribution >= 4 is 11.9 Å². The Balaban J connectivity index is 4.61. The summed E-state index contributed by atoms with van der Waals surface area (Å²) in [6.07, 6.45) is 62.8. The smallest absolute Gasteiger partial charge is 0.306 e. The van der Waals surface area contributed by atoms with Crippen LogP contribution in [0.15, 0.2) is 60.8 Å². The van der Waals surface area contributed by atoms with Crippen molar-refractivity contribution in [2.45, 2.75) is 283 Å². The highest BCUT2D eigenvalue weighted by atomic mass is 16.5. The first-order valence-corrected chi connectivity index (χ1v) is 27.1. The molecule has 0 spiro atoms. The van der Waals surface area contributed by atoms with Crippen molar-refractivity contribution in [3.05, 3.63) is 60.8 Å². The molecular formula is C57H103NO5. The van der Waals surface area contributed by atoms with E-state index in [1.54, 1.807) is 0 Å². The topological polar surface area (TPSA) is 95.9 Å². The zero-order chi connectivity index (χ0) is 45.9. The number of unbranched alkanes of at least 4 members (excludes halogenated alkanes) is 30. The van der Waals surface area contributed by atoms with E-state index in [0.29, 0.717) is 19.3 Å². The molecule has 0 bridgehead atoms. The summed E-state index contributed by atoms with van der Waals surface area (Å²) in [5, 5.41) is 23.8. The molecule has 0 aliphatic heterocycles. The van der Waals surface area contributed by atoms with E-state index < -0.39 is 18.2 Å². The Morgan fingerprint density at radius 3 is 1.29 bits per heavy atom. The van der Waals surface area contributed by atoms with Gasteiger partial charge in [-0.1, -0.05) is 268 Å². The maximum absolute atomic E-state index is 13.2. The number of carbonyl (C=O) groups is 2. The first kappa shape index (κ1) is 60.6. The van der Waals surface area contributed by atoms with Crippen molar-refractivity contribution in [1.82, 2.24) is 5.32 Å². The zero-order valence-corrected chi connectivity index (χ0v) is 41.7. The molecule has 0 rings (SSSR count). The number of aliphatic hydroxyl groups is 2. The molecular weight excluding hydrogens is 779 g/mol. The van der Waals surface area contributed by atoms with Gasteiger partial charge in [-0.3, -0.25) is 9.59 Å². The molecule has 0 heterocycles. The van der Waals surface area contributed by atoms with E-state index in [1.807, 2.05) is 24.3 Å². The predicted molar refractivity (Wildman–Crippen MR) is 273 cm³/mol. The molecule has 3 unspecified atom stereocenters. The highest BCUT2D eigenvalue weighted by molar-refractivity contribution is 5.77. The van der Waals surface area contributed by atoms with Gasteiger partial charge in [0.25, 0.3) is 0 Å². The summed E-state index contributed by atoms with van der Waals surface area (Å²) < 4.78 is 5.94. The highest BCUT2D eigenvalue weighted by Gasteiger charge is 2.24. The summed E-state index contributed by atoms with van der Waals surface area (Å²) >= 11 is 0. The van der Waals surface area contributed by atoms with E-state index in [4.69, 9.17) is 4.74 Å². The van der Waals surface area contributed by atoms with Crippen LogP contribution in [-0.2, 0) is 14.3 Å². The number of nitrogens with one attached hydrogen (secondary N) is 1. The number of aliphatic hydroxyl groups excluding tert-OH is 2. The third-order valence-corrected chi connectivity index (χ3v) is 12.2. The number of amides is 1. The van der Waals surface area contributed by atoms with Crippen molar-refractivity contribution in [1.29, 1.82) is 0 Å². The molecule has 3 atom stereocenters. The Kier molecular flexibility index (Phi) is 48.6. The van der Waals surface area contributed by atoms with Crippen LogP contribution in [-0.4, -0.2) is 46.9 Å². The predicted octanol–water partition coefficient (Wildman–Crippen LogP) is 16.4. The molecule has 0 aliphatic rings. The second-order valence-electron chi connectivity index (χ2n) is 18.4. The van der Waals surface area contributed by atoms with E-state index >= 15 is 0 Å². The summed E-state index contributed by atoms with van der Waals surface area (Å²) in [5.74, 6) is -0.495. The standard InChI is InChI=1S/C57H103NO5/c1-4-7-10-13-16-19-22-24-26-28-29-31-33-35-38-41-44-47-50-57(62)63-53(48-45-42-39-36-34-32-30-27-25-23-20-17-14-11-8-5-2)51-56(61)58-54(52-59)55(60)49-46-43-40-37-21-18-15-12-9-6-3/h10,13,16,19,22,24,26,28-29,31,53-55,59-60H,4-9,11-12,14-15,17-18,20-21,23,25,27,30,32-52H2,1-3H3,(H,58,61)/b13-10+,19-16+,24-22+,28-26+,31-29+. The average Bonchev–Trinajstić information content (AvgIpc) is 3.28. The van der Waals surface area contributed by atoms with Gasteiger partial charge in [-0.05, 0) is 44.9 Å². The minimum Gasteiger partial charge on any atom is -0.462 e. The van der Waals surface area contributed by atoms with Gasteiger partial charge in [-0.15, -0.1) is 0 Å². The lowest BCUT2D eigenvalue weighted by Crippen LogP contribution is -2.46. The minimum atomic E-state index is -0.791. The first-order valence-electron chi connectivity index (χ1n) is 27.1. The summed E-state index contributed by atoms with van der Waals surface area (Å²) in [6, 6.07) is -0.706. The molecule has 366 valence electrons. The maximum atomic E-state index is 13.2. The SMILES string of the molecule is CCC/C=C/C=C/C=C/C=C/C=C/CCCCCCCC(=O)OC(CCCCCCCCCCCCCCCCCC)CC(=O)NC(CO)C(O)CCCCCCCCCCCC. The van der Waals surface area contributed by atoms with Crippen LogP contribution in [0.25, 0.3) is 0 Å². The fraction of sp³-hybridized carbons (Fsp3) is 0.789. The van der Waals surface area contributed by atoms with E-state index in [9.17, 15) is 19.8 Å². The summed E-state index contributed by atoms with van der Waals surface area (Å²) in [7, 11) is 0. The van der Waals surface area contributed by atoms with E-state index in [0.717, 1.165) is 77.0 Å². The van der Waals surface area contributed by atoms with Crippen molar-refractivity contribution < 1.29 is 24.5 Å². The van der Waals surface area contributed by atoms with Gasteiger partial charge < -0.3 is 20.3 Å². The molecule has 1 amide bonds. The molecule has 6 heteroatoms. The van der Waals surface area contributed by atoms with E-state index in [-0.39, 0.29) is 24.9 Å². The number of esters is 1. The van der Waals surface area contributed by atoms with Gasteiger partial charge in [0.15, 0.2) is 0 Å². The van der Waals surface area contributed by atoms with Crippen LogP contribution in [0.1, 0.15) is 265 Å².